The van der Waals surface area contributed by atoms with Crippen LogP contribution in [0.25, 0.3) is 0 Å². The van der Waals surface area contributed by atoms with Gasteiger partial charge in [-0.2, -0.15) is 5.10 Å². The van der Waals surface area contributed by atoms with Crippen molar-refractivity contribution in [1.29, 1.82) is 0 Å². The molecule has 1 aromatic carbocycles. The summed E-state index contributed by atoms with van der Waals surface area (Å²) in [6.45, 7) is 0.847. The third-order valence-electron chi connectivity index (χ3n) is 2.93. The lowest BCUT2D eigenvalue weighted by Crippen LogP contribution is -2.20. The van der Waals surface area contributed by atoms with Crippen molar-refractivity contribution in [3.63, 3.8) is 0 Å². The van der Waals surface area contributed by atoms with Gasteiger partial charge >= 0.3 is 0 Å². The second kappa shape index (κ2) is 4.37. The average molecular weight is 290 g/mol. The predicted molar refractivity (Wildman–Crippen MR) is 72.2 cm³/mol. The fraction of sp³-hybridized carbons (Fsp3) is 0.154. The van der Waals surface area contributed by atoms with Crippen LogP contribution in [0.5, 0.6) is 0 Å². The van der Waals surface area contributed by atoms with Crippen LogP contribution in [0, 0.1) is 0 Å². The molecule has 86 valence electrons. The van der Waals surface area contributed by atoms with E-state index in [1.165, 1.54) is 0 Å². The van der Waals surface area contributed by atoms with Crippen molar-refractivity contribution >= 4 is 21.6 Å². The molecule has 0 fully saturated rings. The molecule has 0 bridgehead atoms. The van der Waals surface area contributed by atoms with E-state index in [2.05, 4.69) is 55.6 Å². The fourth-order valence-electron chi connectivity index (χ4n) is 2.07. The lowest BCUT2D eigenvalue weighted by Gasteiger charge is -2.14. The maximum atomic E-state index is 4.40. The van der Waals surface area contributed by atoms with Crippen LogP contribution in [-0.4, -0.2) is 16.8 Å². The fourth-order valence-corrected chi connectivity index (χ4v) is 2.33. The third kappa shape index (κ3) is 2.00. The molecule has 1 aliphatic rings. The van der Waals surface area contributed by atoms with Crippen molar-refractivity contribution in [2.24, 2.45) is 5.10 Å². The lowest BCUT2D eigenvalue weighted by molar-refractivity contribution is 0.623. The molecule has 17 heavy (non-hydrogen) atoms. The number of hydrazone groups is 1. The maximum absolute atomic E-state index is 4.40. The van der Waals surface area contributed by atoms with Crippen molar-refractivity contribution in [2.75, 3.05) is 6.54 Å². The van der Waals surface area contributed by atoms with Crippen molar-refractivity contribution in [2.45, 2.75) is 6.04 Å². The highest BCUT2D eigenvalue weighted by molar-refractivity contribution is 9.10. The molecular formula is C13H12BrN3. The number of hydrogen-bond donors (Lipinski definition) is 1. The minimum atomic E-state index is 0.283. The largest absolute Gasteiger partial charge is 0.343 e. The summed E-state index contributed by atoms with van der Waals surface area (Å²) in [6.07, 6.45) is 4.15. The van der Waals surface area contributed by atoms with Gasteiger partial charge in [0.2, 0.25) is 0 Å². The zero-order chi connectivity index (χ0) is 11.7. The van der Waals surface area contributed by atoms with Gasteiger partial charge in [-0.1, -0.05) is 28.1 Å². The highest BCUT2D eigenvalue weighted by atomic mass is 79.9. The van der Waals surface area contributed by atoms with Gasteiger partial charge in [-0.05, 0) is 24.3 Å². The molecule has 0 radical (unpaired) electrons. The Kier molecular flexibility index (Phi) is 2.73. The Hall–Kier alpha value is -1.55. The van der Waals surface area contributed by atoms with E-state index in [0.29, 0.717) is 0 Å². The molecular weight excluding hydrogens is 278 g/mol. The molecule has 1 aliphatic heterocycles. The van der Waals surface area contributed by atoms with Crippen LogP contribution < -0.4 is 5.43 Å². The summed E-state index contributed by atoms with van der Waals surface area (Å²) in [6, 6.07) is 12.6. The normalized spacial score (nSPS) is 18.9. The van der Waals surface area contributed by atoms with E-state index in [1.807, 2.05) is 24.3 Å². The van der Waals surface area contributed by atoms with Gasteiger partial charge in [-0.3, -0.25) is 0 Å². The number of benzene rings is 1. The zero-order valence-corrected chi connectivity index (χ0v) is 10.8. The molecule has 0 saturated carbocycles. The Bertz CT molecular complexity index is 528. The van der Waals surface area contributed by atoms with Gasteiger partial charge in [0.1, 0.15) is 0 Å². The highest BCUT2D eigenvalue weighted by Crippen LogP contribution is 2.20. The smallest absolute Gasteiger partial charge is 0.0963 e. The van der Waals surface area contributed by atoms with Crippen LogP contribution in [0.2, 0.25) is 0 Å². The first kappa shape index (κ1) is 10.6. The van der Waals surface area contributed by atoms with Gasteiger partial charge in [-0.15, -0.1) is 0 Å². The number of aromatic nitrogens is 1. The molecule has 0 aliphatic carbocycles. The number of nitrogens with zero attached hydrogens (tertiary/aromatic N) is 2. The van der Waals surface area contributed by atoms with E-state index in [4.69, 9.17) is 0 Å². The summed E-state index contributed by atoms with van der Waals surface area (Å²) in [5.74, 6) is 0. The molecule has 4 heteroatoms. The van der Waals surface area contributed by atoms with E-state index < -0.39 is 0 Å². The predicted octanol–water partition coefficient (Wildman–Crippen LogP) is 2.80. The van der Waals surface area contributed by atoms with Crippen LogP contribution in [-0.2, 0) is 0 Å². The van der Waals surface area contributed by atoms with E-state index in [0.717, 1.165) is 22.3 Å². The second-order valence-electron chi connectivity index (χ2n) is 4.01. The van der Waals surface area contributed by atoms with Crippen LogP contribution in [0.4, 0.5) is 0 Å². The van der Waals surface area contributed by atoms with Crippen molar-refractivity contribution in [3.8, 4) is 0 Å². The number of halogens is 1. The third-order valence-corrected chi connectivity index (χ3v) is 3.46. The first-order valence-electron chi connectivity index (χ1n) is 5.53. The summed E-state index contributed by atoms with van der Waals surface area (Å²) in [7, 11) is 0. The first-order valence-corrected chi connectivity index (χ1v) is 6.33. The molecule has 1 atom stereocenters. The Balaban J connectivity index is 1.94. The van der Waals surface area contributed by atoms with E-state index in [-0.39, 0.29) is 6.04 Å². The Morgan fingerprint density at radius 3 is 2.59 bits per heavy atom. The van der Waals surface area contributed by atoms with Gasteiger partial charge in [0.15, 0.2) is 0 Å². The number of nitrogens with one attached hydrogen (secondary N) is 1. The van der Waals surface area contributed by atoms with Gasteiger partial charge in [0, 0.05) is 22.4 Å². The van der Waals surface area contributed by atoms with E-state index >= 15 is 0 Å². The van der Waals surface area contributed by atoms with Crippen molar-refractivity contribution in [1.82, 2.24) is 9.99 Å². The minimum absolute atomic E-state index is 0.283. The van der Waals surface area contributed by atoms with E-state index in [1.54, 1.807) is 0 Å². The Labute approximate surface area is 108 Å². The molecule has 0 spiro atoms. The average Bonchev–Trinajstić information content (AvgIpc) is 3.00. The number of hydrogen-bond acceptors (Lipinski definition) is 2. The zero-order valence-electron chi connectivity index (χ0n) is 9.18. The quantitative estimate of drug-likeness (QED) is 0.905. The minimum Gasteiger partial charge on any atom is -0.343 e. The monoisotopic (exact) mass is 289 g/mol. The summed E-state index contributed by atoms with van der Waals surface area (Å²) >= 11 is 3.45. The molecule has 3 nitrogen and oxygen atoms in total. The molecule has 1 N–H and O–H groups in total. The second-order valence-corrected chi connectivity index (χ2v) is 4.93. The van der Waals surface area contributed by atoms with Crippen molar-refractivity contribution in [3.05, 3.63) is 58.8 Å². The maximum Gasteiger partial charge on any atom is 0.0963 e. The van der Waals surface area contributed by atoms with Gasteiger partial charge < -0.3 is 9.99 Å². The van der Waals surface area contributed by atoms with Crippen LogP contribution >= 0.6 is 15.9 Å². The summed E-state index contributed by atoms with van der Waals surface area (Å²) in [5, 5.41) is 4.40. The topological polar surface area (TPSA) is 29.3 Å². The molecule has 3 rings (SSSR count). The molecule has 0 amide bonds. The highest BCUT2D eigenvalue weighted by Gasteiger charge is 2.23. The van der Waals surface area contributed by atoms with Gasteiger partial charge in [-0.25, -0.2) is 0 Å². The molecule has 2 heterocycles. The Morgan fingerprint density at radius 2 is 1.88 bits per heavy atom. The van der Waals surface area contributed by atoms with Crippen LogP contribution in [0.15, 0.2) is 58.4 Å². The Morgan fingerprint density at radius 1 is 1.18 bits per heavy atom. The lowest BCUT2D eigenvalue weighted by atomic mass is 10.0. The summed E-state index contributed by atoms with van der Waals surface area (Å²) < 4.78 is 3.27. The molecule has 2 aromatic rings. The summed E-state index contributed by atoms with van der Waals surface area (Å²) in [4.78, 5) is 0. The molecule has 1 aromatic heterocycles. The van der Waals surface area contributed by atoms with Gasteiger partial charge in [0.25, 0.3) is 0 Å². The molecule has 0 saturated heterocycles. The van der Waals surface area contributed by atoms with Crippen molar-refractivity contribution < 1.29 is 0 Å². The van der Waals surface area contributed by atoms with E-state index in [9.17, 15) is 0 Å². The van der Waals surface area contributed by atoms with Crippen LogP contribution in [0.1, 0.15) is 11.6 Å². The van der Waals surface area contributed by atoms with Gasteiger partial charge in [0.05, 0.1) is 18.3 Å². The molecule has 1 unspecified atom stereocenters. The standard InChI is InChI=1S/C13H12BrN3/c14-11-5-3-10(4-6-11)13-12(9-15-16-13)17-7-1-2-8-17/h1-8,12,15H,9H2. The SMILES string of the molecule is Brc1ccc(C2=NNCC2n2cccc2)cc1. The first-order chi connectivity index (χ1) is 8.34. The summed E-state index contributed by atoms with van der Waals surface area (Å²) in [5.41, 5.74) is 5.33. The number of rotatable bonds is 2. The van der Waals surface area contributed by atoms with Crippen LogP contribution in [0.3, 0.4) is 0 Å².